The van der Waals surface area contributed by atoms with Gasteiger partial charge in [-0.3, -0.25) is 0 Å². The maximum Gasteiger partial charge on any atom is 0.0505 e. The van der Waals surface area contributed by atoms with Gasteiger partial charge in [0, 0.05) is 33.0 Å². The number of hydrogen-bond donors (Lipinski definition) is 0. The van der Waals surface area contributed by atoms with Gasteiger partial charge in [-0.15, -0.1) is 0 Å². The summed E-state index contributed by atoms with van der Waals surface area (Å²) in [6, 6.07) is 0. The monoisotopic (exact) mass is 404 g/mol. The zero-order valence-electron chi connectivity index (χ0n) is 8.95. The van der Waals surface area contributed by atoms with Crippen molar-refractivity contribution >= 4 is 91.4 Å². The molecule has 98 valence electrons. The molecular weight excluding hydrogens is 397 g/mol. The molecular formula is C9H8S9. The van der Waals surface area contributed by atoms with Gasteiger partial charge in [-0.1, -0.05) is 40.9 Å². The van der Waals surface area contributed by atoms with E-state index in [2.05, 4.69) is 0 Å². The second kappa shape index (κ2) is 5.15. The Balaban J connectivity index is 1.97. The van der Waals surface area contributed by atoms with Crippen molar-refractivity contribution in [3.63, 3.8) is 0 Å². The Bertz CT molecular complexity index is 583. The van der Waals surface area contributed by atoms with Crippen molar-refractivity contribution in [1.82, 2.24) is 0 Å². The second-order valence-electron chi connectivity index (χ2n) is 4.26. The highest BCUT2D eigenvalue weighted by molar-refractivity contribution is 8.86. The number of hydrogen-bond acceptors (Lipinski definition) is 6. The van der Waals surface area contributed by atoms with Crippen LogP contribution in [0.1, 0.15) is 0 Å². The van der Waals surface area contributed by atoms with Crippen molar-refractivity contribution in [3.8, 4) is 0 Å². The van der Waals surface area contributed by atoms with Gasteiger partial charge in [-0.25, -0.2) is 0 Å². The molecule has 0 bridgehead atoms. The first-order valence-electron chi connectivity index (χ1n) is 5.29. The first-order valence-corrected chi connectivity index (χ1v) is 16.3. The van der Waals surface area contributed by atoms with Crippen LogP contribution in [0.2, 0.25) is 0 Å². The van der Waals surface area contributed by atoms with Gasteiger partial charge < -0.3 is 0 Å². The molecule has 0 spiro atoms. The van der Waals surface area contributed by atoms with E-state index in [9.17, 15) is 0 Å². The van der Waals surface area contributed by atoms with Gasteiger partial charge >= 0.3 is 0 Å². The quantitative estimate of drug-likeness (QED) is 0.565. The molecule has 0 radical (unpaired) electrons. The molecule has 18 heavy (non-hydrogen) atoms. The molecule has 5 unspecified atom stereocenters. The van der Waals surface area contributed by atoms with Crippen molar-refractivity contribution in [1.29, 1.82) is 0 Å². The van der Waals surface area contributed by atoms with Gasteiger partial charge in [0.05, 0.1) is 5.25 Å². The van der Waals surface area contributed by atoms with E-state index < -0.39 is 0 Å². The van der Waals surface area contributed by atoms with Crippen molar-refractivity contribution in [2.75, 3.05) is 17.3 Å². The van der Waals surface area contributed by atoms with E-state index in [0.29, 0.717) is 11.2 Å². The van der Waals surface area contributed by atoms with Crippen LogP contribution in [-0.2, 0) is 59.0 Å². The standard InChI is InChI=1S/C9H8S9/c10-16-7-4(1-13-16)8-6(3-14-17(8)11)9-5(7)2-15-18(9)12/h4,7H,1-3H2. The SMILES string of the molecule is S=S1SCC2=C1C1=C(C3CSS(=S)C23)S(=S)SC1. The highest BCUT2D eigenvalue weighted by atomic mass is 33.3. The maximum absolute atomic E-state index is 5.72. The summed E-state index contributed by atoms with van der Waals surface area (Å²) in [6.45, 7) is 0. The van der Waals surface area contributed by atoms with Gasteiger partial charge in [0.2, 0.25) is 0 Å². The van der Waals surface area contributed by atoms with E-state index >= 15 is 0 Å². The Morgan fingerprint density at radius 2 is 1.78 bits per heavy atom. The molecule has 0 aromatic carbocycles. The first kappa shape index (κ1) is 13.9. The molecule has 0 aromatic rings. The van der Waals surface area contributed by atoms with E-state index in [-0.39, 0.29) is 25.5 Å². The van der Waals surface area contributed by atoms with Crippen molar-refractivity contribution in [2.45, 2.75) is 5.25 Å². The molecule has 0 amide bonds. The van der Waals surface area contributed by atoms with Gasteiger partial charge in [-0.05, 0) is 61.7 Å². The van der Waals surface area contributed by atoms with Gasteiger partial charge in [-0.2, -0.15) is 0 Å². The lowest BCUT2D eigenvalue weighted by Crippen LogP contribution is -2.29. The predicted octanol–water partition coefficient (Wildman–Crippen LogP) is 2.72. The average molecular weight is 405 g/mol. The van der Waals surface area contributed by atoms with Gasteiger partial charge in [0.25, 0.3) is 0 Å². The number of allylic oxidation sites excluding steroid dienone is 2. The van der Waals surface area contributed by atoms with E-state index in [1.807, 2.05) is 32.4 Å². The molecule has 1 aliphatic carbocycles. The summed E-state index contributed by atoms with van der Waals surface area (Å²) in [7, 11) is 5.92. The average Bonchev–Trinajstić information content (AvgIpc) is 2.99. The lowest BCUT2D eigenvalue weighted by atomic mass is 9.91. The van der Waals surface area contributed by atoms with Crippen LogP contribution in [0.15, 0.2) is 21.0 Å². The van der Waals surface area contributed by atoms with Crippen molar-refractivity contribution in [2.24, 2.45) is 5.92 Å². The van der Waals surface area contributed by atoms with E-state index in [1.54, 1.807) is 16.1 Å². The summed E-state index contributed by atoms with van der Waals surface area (Å²) >= 11 is 17.1. The third-order valence-electron chi connectivity index (χ3n) is 3.46. The Morgan fingerprint density at radius 1 is 1.00 bits per heavy atom. The Hall–Kier alpha value is 2.24. The summed E-state index contributed by atoms with van der Waals surface area (Å²) in [4.78, 5) is 3.10. The predicted molar refractivity (Wildman–Crippen MR) is 103 cm³/mol. The Morgan fingerprint density at radius 3 is 2.61 bits per heavy atom. The summed E-state index contributed by atoms with van der Waals surface area (Å²) in [5, 5.41) is 0.600. The van der Waals surface area contributed by atoms with Crippen LogP contribution in [-0.4, -0.2) is 22.5 Å². The fraction of sp³-hybridized carbons (Fsp3) is 0.556. The zero-order chi connectivity index (χ0) is 12.4. The fourth-order valence-corrected chi connectivity index (χ4v) is 17.1. The van der Waals surface area contributed by atoms with Crippen LogP contribution in [0, 0.1) is 5.92 Å². The molecule has 0 nitrogen and oxygen atoms in total. The Kier molecular flexibility index (Phi) is 3.97. The topological polar surface area (TPSA) is 0 Å². The first-order chi connectivity index (χ1) is 8.68. The van der Waals surface area contributed by atoms with E-state index in [1.165, 1.54) is 10.7 Å². The fourth-order valence-electron chi connectivity index (χ4n) is 2.73. The smallest absolute Gasteiger partial charge is 0.0505 e. The summed E-state index contributed by atoms with van der Waals surface area (Å²) in [5.74, 6) is 4.10. The van der Waals surface area contributed by atoms with Crippen LogP contribution in [0.5, 0.6) is 0 Å². The minimum absolute atomic E-state index is 0.000170. The molecule has 1 saturated heterocycles. The van der Waals surface area contributed by atoms with Gasteiger partial charge in [0.15, 0.2) is 0 Å². The molecule has 3 aliphatic heterocycles. The maximum atomic E-state index is 5.72. The lowest BCUT2D eigenvalue weighted by Gasteiger charge is -2.28. The lowest BCUT2D eigenvalue weighted by molar-refractivity contribution is 0.728. The molecule has 9 heteroatoms. The van der Waals surface area contributed by atoms with E-state index in [0.717, 1.165) is 11.5 Å². The van der Waals surface area contributed by atoms with Crippen LogP contribution < -0.4 is 0 Å². The highest BCUT2D eigenvalue weighted by Gasteiger charge is 2.48. The normalized spacial score (nSPS) is 46.3. The van der Waals surface area contributed by atoms with Crippen molar-refractivity contribution < 1.29 is 0 Å². The van der Waals surface area contributed by atoms with E-state index in [4.69, 9.17) is 33.6 Å². The zero-order valence-corrected chi connectivity index (χ0v) is 16.3. The third kappa shape index (κ3) is 1.91. The summed E-state index contributed by atoms with van der Waals surface area (Å²) < 4.78 is 0. The third-order valence-corrected chi connectivity index (χ3v) is 17.2. The number of rotatable bonds is 0. The molecule has 4 rings (SSSR count). The Labute approximate surface area is 139 Å². The minimum atomic E-state index is -0.0239. The van der Waals surface area contributed by atoms with Crippen LogP contribution in [0.3, 0.4) is 0 Å². The minimum Gasteiger partial charge on any atom is -0.0886 e. The molecule has 5 atom stereocenters. The molecule has 3 heterocycles. The second-order valence-corrected chi connectivity index (χ2v) is 18.9. The molecule has 4 aliphatic rings. The largest absolute Gasteiger partial charge is 0.0886 e. The van der Waals surface area contributed by atoms with Crippen LogP contribution >= 0.6 is 32.4 Å². The number of fused-ring (bicyclic) bond motifs is 4. The summed E-state index contributed by atoms with van der Waals surface area (Å²) in [6.07, 6.45) is 0. The summed E-state index contributed by atoms with van der Waals surface area (Å²) in [5.41, 5.74) is 3.19. The van der Waals surface area contributed by atoms with Crippen LogP contribution in [0.4, 0.5) is 0 Å². The van der Waals surface area contributed by atoms with Gasteiger partial charge in [0.1, 0.15) is 0 Å². The molecule has 1 fully saturated rings. The van der Waals surface area contributed by atoms with Crippen LogP contribution in [0.25, 0.3) is 0 Å². The molecule has 0 saturated carbocycles. The molecule has 0 aromatic heterocycles. The van der Waals surface area contributed by atoms with Crippen molar-refractivity contribution in [3.05, 3.63) is 21.0 Å². The molecule has 0 N–H and O–H groups in total. The highest BCUT2D eigenvalue weighted by Crippen LogP contribution is 2.56.